The van der Waals surface area contributed by atoms with Crippen LogP contribution in [-0.4, -0.2) is 33.0 Å². The fourth-order valence-corrected chi connectivity index (χ4v) is 3.02. The number of nitrogens with one attached hydrogen (secondary N) is 1. The zero-order chi connectivity index (χ0) is 13.8. The molecule has 1 atom stereocenters. The molecule has 0 aromatic heterocycles. The number of rotatable bonds is 6. The van der Waals surface area contributed by atoms with E-state index in [-0.39, 0.29) is 18.2 Å². The number of halogens is 2. The summed E-state index contributed by atoms with van der Waals surface area (Å²) in [5.41, 5.74) is 0.355. The van der Waals surface area contributed by atoms with Gasteiger partial charge < -0.3 is 5.32 Å². The average molecular weight is 294 g/mol. The van der Waals surface area contributed by atoms with Gasteiger partial charge in [-0.1, -0.05) is 24.6 Å². The maximum Gasteiger partial charge on any atom is 0.148 e. The maximum atomic E-state index is 13.6. The van der Waals surface area contributed by atoms with E-state index in [1.54, 1.807) is 6.07 Å². The van der Waals surface area contributed by atoms with E-state index in [1.807, 2.05) is 6.92 Å². The Morgan fingerprint density at radius 1 is 1.44 bits per heavy atom. The molecule has 0 aliphatic rings. The molecule has 0 heterocycles. The highest BCUT2D eigenvalue weighted by atomic mass is 35.5. The van der Waals surface area contributed by atoms with Crippen molar-refractivity contribution in [2.75, 3.05) is 18.6 Å². The van der Waals surface area contributed by atoms with Crippen LogP contribution in [0.4, 0.5) is 4.39 Å². The standard InChI is InChI=1S/C12H17ClFNO2S/c1-3-15-9(8-18(2,16)17)7-10-11(13)5-4-6-12(10)14/h4-6,9,15H,3,7-8H2,1-2H3. The van der Waals surface area contributed by atoms with Crippen molar-refractivity contribution in [1.29, 1.82) is 0 Å². The van der Waals surface area contributed by atoms with Crippen LogP contribution in [0.25, 0.3) is 0 Å². The van der Waals surface area contributed by atoms with E-state index in [0.29, 0.717) is 17.1 Å². The zero-order valence-corrected chi connectivity index (χ0v) is 12.0. The molecule has 1 N–H and O–H groups in total. The first-order chi connectivity index (χ1) is 8.33. The van der Waals surface area contributed by atoms with E-state index < -0.39 is 15.7 Å². The molecule has 102 valence electrons. The minimum Gasteiger partial charge on any atom is -0.313 e. The van der Waals surface area contributed by atoms with Crippen LogP contribution in [0.1, 0.15) is 12.5 Å². The monoisotopic (exact) mass is 293 g/mol. The molecule has 1 unspecified atom stereocenters. The second-order valence-corrected chi connectivity index (χ2v) is 6.84. The van der Waals surface area contributed by atoms with Gasteiger partial charge >= 0.3 is 0 Å². The molecule has 0 amide bonds. The van der Waals surface area contributed by atoms with Crippen LogP contribution in [0.15, 0.2) is 18.2 Å². The van der Waals surface area contributed by atoms with Gasteiger partial charge in [0, 0.05) is 22.9 Å². The lowest BCUT2D eigenvalue weighted by Crippen LogP contribution is -2.37. The van der Waals surface area contributed by atoms with Crippen molar-refractivity contribution in [1.82, 2.24) is 5.32 Å². The predicted molar refractivity (Wildman–Crippen MR) is 72.3 cm³/mol. The highest BCUT2D eigenvalue weighted by Crippen LogP contribution is 2.20. The zero-order valence-electron chi connectivity index (χ0n) is 10.4. The molecule has 0 fully saturated rings. The van der Waals surface area contributed by atoms with Gasteiger partial charge in [-0.05, 0) is 25.1 Å². The number of hydrogen-bond acceptors (Lipinski definition) is 3. The number of hydrogen-bond donors (Lipinski definition) is 1. The summed E-state index contributed by atoms with van der Waals surface area (Å²) in [5, 5.41) is 3.36. The molecule has 0 saturated carbocycles. The van der Waals surface area contributed by atoms with Crippen LogP contribution in [0.3, 0.4) is 0 Å². The molecule has 3 nitrogen and oxygen atoms in total. The van der Waals surface area contributed by atoms with E-state index in [0.717, 1.165) is 0 Å². The average Bonchev–Trinajstić information content (AvgIpc) is 2.21. The Hall–Kier alpha value is -0.650. The van der Waals surface area contributed by atoms with Gasteiger partial charge in [0.2, 0.25) is 0 Å². The number of sulfone groups is 1. The number of likely N-dealkylation sites (N-methyl/N-ethyl adjacent to an activating group) is 1. The Labute approximate surface area is 112 Å². The van der Waals surface area contributed by atoms with Gasteiger partial charge in [0.05, 0.1) is 5.75 Å². The first-order valence-corrected chi connectivity index (χ1v) is 8.11. The summed E-state index contributed by atoms with van der Waals surface area (Å²) >= 11 is 5.93. The molecular weight excluding hydrogens is 277 g/mol. The van der Waals surface area contributed by atoms with Crippen molar-refractivity contribution in [2.45, 2.75) is 19.4 Å². The third kappa shape index (κ3) is 4.92. The molecule has 6 heteroatoms. The molecular formula is C12H17ClFNO2S. The third-order valence-electron chi connectivity index (χ3n) is 2.51. The van der Waals surface area contributed by atoms with Crippen molar-refractivity contribution >= 4 is 21.4 Å². The van der Waals surface area contributed by atoms with Crippen molar-refractivity contribution in [2.24, 2.45) is 0 Å². The molecule has 0 spiro atoms. The van der Waals surface area contributed by atoms with Gasteiger partial charge in [0.1, 0.15) is 15.7 Å². The van der Waals surface area contributed by atoms with Gasteiger partial charge in [-0.3, -0.25) is 0 Å². The van der Waals surface area contributed by atoms with Crippen molar-refractivity contribution < 1.29 is 12.8 Å². The topological polar surface area (TPSA) is 46.2 Å². The van der Waals surface area contributed by atoms with Crippen LogP contribution in [0.2, 0.25) is 5.02 Å². The minimum atomic E-state index is -3.12. The van der Waals surface area contributed by atoms with Crippen molar-refractivity contribution in [3.05, 3.63) is 34.6 Å². The van der Waals surface area contributed by atoms with Gasteiger partial charge in [0.25, 0.3) is 0 Å². The predicted octanol–water partition coefficient (Wildman–Crippen LogP) is 2.04. The van der Waals surface area contributed by atoms with E-state index >= 15 is 0 Å². The Balaban J connectivity index is 2.90. The van der Waals surface area contributed by atoms with Crippen molar-refractivity contribution in [3.63, 3.8) is 0 Å². The summed E-state index contributed by atoms with van der Waals surface area (Å²) in [6.07, 6.45) is 1.42. The Bertz CT molecular complexity index is 485. The molecule has 1 rings (SSSR count). The molecule has 0 aliphatic carbocycles. The van der Waals surface area contributed by atoms with Gasteiger partial charge in [-0.15, -0.1) is 0 Å². The molecule has 1 aromatic rings. The fourth-order valence-electron chi connectivity index (χ4n) is 1.82. The second-order valence-electron chi connectivity index (χ2n) is 4.25. The lowest BCUT2D eigenvalue weighted by Gasteiger charge is -2.18. The molecule has 0 aliphatic heterocycles. The summed E-state index contributed by atoms with van der Waals surface area (Å²) in [4.78, 5) is 0. The number of benzene rings is 1. The maximum absolute atomic E-state index is 13.6. The Morgan fingerprint density at radius 2 is 2.11 bits per heavy atom. The molecule has 0 saturated heterocycles. The summed E-state index contributed by atoms with van der Waals surface area (Å²) in [5.74, 6) is -0.440. The first-order valence-electron chi connectivity index (χ1n) is 5.67. The van der Waals surface area contributed by atoms with E-state index in [2.05, 4.69) is 5.32 Å². The molecule has 1 aromatic carbocycles. The largest absolute Gasteiger partial charge is 0.313 e. The highest BCUT2D eigenvalue weighted by Gasteiger charge is 2.18. The Morgan fingerprint density at radius 3 is 2.61 bits per heavy atom. The lowest BCUT2D eigenvalue weighted by molar-refractivity contribution is 0.529. The van der Waals surface area contributed by atoms with Gasteiger partial charge in [-0.25, -0.2) is 12.8 Å². The summed E-state index contributed by atoms with van der Waals surface area (Å²) in [6, 6.07) is 4.12. The fraction of sp³-hybridized carbons (Fsp3) is 0.500. The second kappa shape index (κ2) is 6.50. The van der Waals surface area contributed by atoms with E-state index in [9.17, 15) is 12.8 Å². The molecule has 18 heavy (non-hydrogen) atoms. The van der Waals surface area contributed by atoms with Crippen LogP contribution in [0.5, 0.6) is 0 Å². The first kappa shape index (κ1) is 15.4. The van der Waals surface area contributed by atoms with Crippen LogP contribution < -0.4 is 5.32 Å². The summed E-state index contributed by atoms with van der Waals surface area (Å²) in [6.45, 7) is 2.49. The van der Waals surface area contributed by atoms with Crippen LogP contribution in [0, 0.1) is 5.82 Å². The van der Waals surface area contributed by atoms with Crippen LogP contribution >= 0.6 is 11.6 Å². The smallest absolute Gasteiger partial charge is 0.148 e. The molecule has 0 radical (unpaired) electrons. The van der Waals surface area contributed by atoms with E-state index in [1.165, 1.54) is 18.4 Å². The summed E-state index contributed by atoms with van der Waals surface area (Å²) in [7, 11) is -3.12. The highest BCUT2D eigenvalue weighted by molar-refractivity contribution is 7.90. The quantitative estimate of drug-likeness (QED) is 0.873. The minimum absolute atomic E-state index is 0.0362. The van der Waals surface area contributed by atoms with Crippen LogP contribution in [-0.2, 0) is 16.3 Å². The third-order valence-corrected chi connectivity index (χ3v) is 3.87. The lowest BCUT2D eigenvalue weighted by atomic mass is 10.1. The normalized spacial score (nSPS) is 13.6. The summed E-state index contributed by atoms with van der Waals surface area (Å²) < 4.78 is 36.2. The van der Waals surface area contributed by atoms with Gasteiger partial charge in [-0.2, -0.15) is 0 Å². The SMILES string of the molecule is CCNC(Cc1c(F)cccc1Cl)CS(C)(=O)=O. The van der Waals surface area contributed by atoms with Gasteiger partial charge in [0.15, 0.2) is 0 Å². The Kier molecular flexibility index (Phi) is 5.56. The van der Waals surface area contributed by atoms with Crippen molar-refractivity contribution in [3.8, 4) is 0 Å². The van der Waals surface area contributed by atoms with E-state index in [4.69, 9.17) is 11.6 Å². The molecule has 0 bridgehead atoms.